The molecule has 21 heavy (non-hydrogen) atoms. The zero-order valence-electron chi connectivity index (χ0n) is 10.7. The van der Waals surface area contributed by atoms with Gasteiger partial charge in [-0.3, -0.25) is 9.59 Å². The van der Waals surface area contributed by atoms with Crippen LogP contribution in [0.15, 0.2) is 41.0 Å². The summed E-state index contributed by atoms with van der Waals surface area (Å²) in [5, 5.41) is 8.86. The largest absolute Gasteiger partial charge is 0.300 e. The van der Waals surface area contributed by atoms with Crippen molar-refractivity contribution in [3.05, 3.63) is 57.8 Å². The zero-order valence-corrected chi connectivity index (χ0v) is 12.3. The second-order valence-electron chi connectivity index (χ2n) is 4.52. The summed E-state index contributed by atoms with van der Waals surface area (Å²) in [5.74, 6) is -1.08. The van der Waals surface area contributed by atoms with E-state index < -0.39 is 11.7 Å². The third-order valence-corrected chi connectivity index (χ3v) is 3.89. The molecule has 6 heteroatoms. The van der Waals surface area contributed by atoms with Crippen LogP contribution >= 0.6 is 15.9 Å². The van der Waals surface area contributed by atoms with E-state index in [1.807, 2.05) is 6.07 Å². The number of hydrogen-bond donors (Lipinski definition) is 0. The number of Topliss-reactive ketones (excluding diaryl/α,β-unsaturated/α-hetero) is 1. The Bertz CT molecular complexity index is 811. The number of amides is 1. The first-order valence-electron chi connectivity index (χ1n) is 6.11. The molecule has 2 aromatic rings. The maximum atomic E-state index is 12.1. The number of nitriles is 1. The van der Waals surface area contributed by atoms with Gasteiger partial charge in [0.2, 0.25) is 0 Å². The number of anilines is 1. The van der Waals surface area contributed by atoms with Gasteiger partial charge in [-0.25, -0.2) is 4.98 Å². The van der Waals surface area contributed by atoms with Crippen molar-refractivity contribution in [2.45, 2.75) is 6.54 Å². The van der Waals surface area contributed by atoms with Crippen molar-refractivity contribution in [3.8, 4) is 6.07 Å². The summed E-state index contributed by atoms with van der Waals surface area (Å²) >= 11 is 3.30. The summed E-state index contributed by atoms with van der Waals surface area (Å²) in [6.07, 6.45) is 1.51. The summed E-state index contributed by atoms with van der Waals surface area (Å²) in [5.41, 5.74) is 1.99. The van der Waals surface area contributed by atoms with E-state index in [4.69, 9.17) is 5.26 Å². The van der Waals surface area contributed by atoms with E-state index in [0.717, 1.165) is 5.56 Å². The van der Waals surface area contributed by atoms with Crippen LogP contribution in [0.2, 0.25) is 0 Å². The topological polar surface area (TPSA) is 74.1 Å². The quantitative estimate of drug-likeness (QED) is 0.786. The molecule has 0 saturated heterocycles. The summed E-state index contributed by atoms with van der Waals surface area (Å²) in [6.45, 7) is 0.227. The average molecular weight is 342 g/mol. The van der Waals surface area contributed by atoms with E-state index >= 15 is 0 Å². The zero-order chi connectivity index (χ0) is 15.0. The van der Waals surface area contributed by atoms with Gasteiger partial charge in [0, 0.05) is 10.7 Å². The van der Waals surface area contributed by atoms with Gasteiger partial charge in [-0.15, -0.1) is 0 Å². The molecule has 0 fully saturated rings. The fourth-order valence-electron chi connectivity index (χ4n) is 2.27. The molecule has 0 radical (unpaired) electrons. The molecule has 1 amide bonds. The molecular weight excluding hydrogens is 334 g/mol. The Kier molecular flexibility index (Phi) is 3.28. The van der Waals surface area contributed by atoms with E-state index in [0.29, 0.717) is 15.7 Å². The summed E-state index contributed by atoms with van der Waals surface area (Å²) in [6, 6.07) is 10.5. The van der Waals surface area contributed by atoms with Gasteiger partial charge in [0.05, 0.1) is 17.8 Å². The third kappa shape index (κ3) is 2.22. The molecule has 5 nitrogen and oxygen atoms in total. The summed E-state index contributed by atoms with van der Waals surface area (Å²) in [4.78, 5) is 29.5. The molecule has 102 valence electrons. The highest BCUT2D eigenvalue weighted by Gasteiger charge is 2.37. The van der Waals surface area contributed by atoms with Crippen LogP contribution in [-0.4, -0.2) is 16.7 Å². The van der Waals surface area contributed by atoms with Crippen molar-refractivity contribution >= 4 is 33.3 Å². The van der Waals surface area contributed by atoms with Crippen LogP contribution in [0.1, 0.15) is 21.6 Å². The van der Waals surface area contributed by atoms with E-state index in [1.165, 1.54) is 11.1 Å². The molecule has 0 spiro atoms. The Hall–Kier alpha value is -2.52. The molecule has 2 heterocycles. The lowest BCUT2D eigenvalue weighted by molar-refractivity contribution is -0.114. The van der Waals surface area contributed by atoms with Gasteiger partial charge in [0.15, 0.2) is 0 Å². The van der Waals surface area contributed by atoms with E-state index in [1.54, 1.807) is 30.3 Å². The summed E-state index contributed by atoms with van der Waals surface area (Å²) in [7, 11) is 0. The lowest BCUT2D eigenvalue weighted by Gasteiger charge is -2.16. The number of pyridine rings is 1. The third-order valence-electron chi connectivity index (χ3n) is 3.23. The fourth-order valence-corrected chi connectivity index (χ4v) is 2.81. The number of carbonyl (C=O) groups excluding carboxylic acids is 2. The maximum absolute atomic E-state index is 12.1. The SMILES string of the molecule is N#Cc1cc(CN2C(=O)C(=O)c3c(Br)cccc32)ccn1. The van der Waals surface area contributed by atoms with Gasteiger partial charge in [-0.1, -0.05) is 6.07 Å². The molecule has 1 aliphatic heterocycles. The average Bonchev–Trinajstić information content (AvgIpc) is 2.74. The van der Waals surface area contributed by atoms with E-state index in [9.17, 15) is 9.59 Å². The molecular formula is C15H8BrN3O2. The van der Waals surface area contributed by atoms with Crippen LogP contribution < -0.4 is 4.90 Å². The number of carbonyl (C=O) groups is 2. The monoisotopic (exact) mass is 341 g/mol. The highest BCUT2D eigenvalue weighted by Crippen LogP contribution is 2.35. The van der Waals surface area contributed by atoms with Crippen molar-refractivity contribution in [1.29, 1.82) is 5.26 Å². The van der Waals surface area contributed by atoms with Gasteiger partial charge in [0.1, 0.15) is 11.8 Å². The first-order valence-corrected chi connectivity index (χ1v) is 6.91. The van der Waals surface area contributed by atoms with Crippen LogP contribution in [0.5, 0.6) is 0 Å². The molecule has 0 bridgehead atoms. The van der Waals surface area contributed by atoms with Crippen LogP contribution in [-0.2, 0) is 11.3 Å². The van der Waals surface area contributed by atoms with Gasteiger partial charge >= 0.3 is 0 Å². The lowest BCUT2D eigenvalue weighted by Crippen LogP contribution is -2.29. The number of halogens is 1. The van der Waals surface area contributed by atoms with E-state index in [2.05, 4.69) is 20.9 Å². The molecule has 1 aromatic carbocycles. The Morgan fingerprint density at radius 3 is 2.86 bits per heavy atom. The van der Waals surface area contributed by atoms with Crippen molar-refractivity contribution in [1.82, 2.24) is 4.98 Å². The van der Waals surface area contributed by atoms with Crippen LogP contribution in [0.4, 0.5) is 5.69 Å². The van der Waals surface area contributed by atoms with Gasteiger partial charge in [-0.05, 0) is 45.8 Å². The predicted octanol–water partition coefficient (Wildman–Crippen LogP) is 2.45. The Balaban J connectivity index is 2.01. The van der Waals surface area contributed by atoms with Crippen molar-refractivity contribution in [2.24, 2.45) is 0 Å². The minimum absolute atomic E-state index is 0.227. The number of aromatic nitrogens is 1. The Labute approximate surface area is 129 Å². The Morgan fingerprint density at radius 1 is 1.29 bits per heavy atom. The van der Waals surface area contributed by atoms with Crippen molar-refractivity contribution in [2.75, 3.05) is 4.90 Å². The van der Waals surface area contributed by atoms with Gasteiger partial charge in [0.25, 0.3) is 11.7 Å². The minimum atomic E-state index is -0.563. The van der Waals surface area contributed by atoms with E-state index in [-0.39, 0.29) is 12.2 Å². The number of benzene rings is 1. The van der Waals surface area contributed by atoms with Crippen LogP contribution in [0.3, 0.4) is 0 Å². The molecule has 0 saturated carbocycles. The normalized spacial score (nSPS) is 13.2. The minimum Gasteiger partial charge on any atom is -0.300 e. The first kappa shape index (κ1) is 13.5. The second kappa shape index (κ2) is 5.11. The number of fused-ring (bicyclic) bond motifs is 1. The molecule has 0 N–H and O–H groups in total. The molecule has 1 aliphatic rings. The number of nitrogens with zero attached hydrogens (tertiary/aromatic N) is 3. The van der Waals surface area contributed by atoms with Crippen LogP contribution in [0.25, 0.3) is 0 Å². The second-order valence-corrected chi connectivity index (χ2v) is 5.37. The highest BCUT2D eigenvalue weighted by molar-refractivity contribution is 9.10. The Morgan fingerprint density at radius 2 is 2.10 bits per heavy atom. The molecule has 0 aliphatic carbocycles. The standard InChI is InChI=1S/C15H8BrN3O2/c16-11-2-1-3-12-13(11)14(20)15(21)19(12)8-9-4-5-18-10(6-9)7-17/h1-6H,8H2. The number of hydrogen-bond acceptors (Lipinski definition) is 4. The molecule has 0 atom stereocenters. The lowest BCUT2D eigenvalue weighted by atomic mass is 10.1. The molecule has 0 unspecified atom stereocenters. The highest BCUT2D eigenvalue weighted by atomic mass is 79.9. The van der Waals surface area contributed by atoms with Crippen LogP contribution in [0, 0.1) is 11.3 Å². The summed E-state index contributed by atoms with van der Waals surface area (Å²) < 4.78 is 0.605. The number of ketones is 1. The van der Waals surface area contributed by atoms with Crippen molar-refractivity contribution in [3.63, 3.8) is 0 Å². The number of rotatable bonds is 2. The maximum Gasteiger partial charge on any atom is 0.299 e. The molecule has 1 aromatic heterocycles. The van der Waals surface area contributed by atoms with Gasteiger partial charge in [-0.2, -0.15) is 5.26 Å². The smallest absolute Gasteiger partial charge is 0.299 e. The predicted molar refractivity (Wildman–Crippen MR) is 78.6 cm³/mol. The van der Waals surface area contributed by atoms with Gasteiger partial charge < -0.3 is 4.90 Å². The fraction of sp³-hybridized carbons (Fsp3) is 0.0667. The molecule has 3 rings (SSSR count). The first-order chi connectivity index (χ1) is 10.1. The van der Waals surface area contributed by atoms with Crippen molar-refractivity contribution < 1.29 is 9.59 Å².